The van der Waals surface area contributed by atoms with Crippen molar-refractivity contribution >= 4 is 17.1 Å². The summed E-state index contributed by atoms with van der Waals surface area (Å²) in [6, 6.07) is 0.234. The van der Waals surface area contributed by atoms with Gasteiger partial charge in [-0.1, -0.05) is 12.2 Å². The molecule has 1 nitrogen and oxygen atoms in total. The number of thiocarbonyl (C=S) groups is 1. The first kappa shape index (κ1) is 7.05. The molecule has 0 aromatic carbocycles. The highest BCUT2D eigenvalue weighted by Crippen LogP contribution is 1.88. The van der Waals surface area contributed by atoms with E-state index in [9.17, 15) is 0 Å². The van der Waals surface area contributed by atoms with E-state index < -0.39 is 0 Å². The standard InChI is InChI=1S/C5H11NS/c1-4(6)3-5(2)7/h4H,3,6H2,1-2H3. The van der Waals surface area contributed by atoms with Gasteiger partial charge in [0.25, 0.3) is 0 Å². The van der Waals surface area contributed by atoms with E-state index in [0.29, 0.717) is 0 Å². The van der Waals surface area contributed by atoms with Gasteiger partial charge in [0.2, 0.25) is 0 Å². The zero-order valence-corrected chi connectivity index (χ0v) is 5.59. The highest BCUT2D eigenvalue weighted by molar-refractivity contribution is 7.80. The summed E-state index contributed by atoms with van der Waals surface area (Å²) in [5.74, 6) is 0. The van der Waals surface area contributed by atoms with Crippen LogP contribution in [0, 0.1) is 0 Å². The van der Waals surface area contributed by atoms with Gasteiger partial charge in [0, 0.05) is 6.04 Å². The van der Waals surface area contributed by atoms with Gasteiger partial charge in [-0.2, -0.15) is 0 Å². The lowest BCUT2D eigenvalue weighted by Gasteiger charge is -1.98. The van der Waals surface area contributed by atoms with Crippen molar-refractivity contribution in [3.63, 3.8) is 0 Å². The lowest BCUT2D eigenvalue weighted by molar-refractivity contribution is 0.782. The average molecular weight is 117 g/mol. The first-order chi connectivity index (χ1) is 3.13. The number of hydrogen-bond donors (Lipinski definition) is 1. The van der Waals surface area contributed by atoms with Crippen LogP contribution in [-0.2, 0) is 0 Å². The van der Waals surface area contributed by atoms with Crippen molar-refractivity contribution in [1.82, 2.24) is 0 Å². The highest BCUT2D eigenvalue weighted by Gasteiger charge is 1.91. The molecule has 0 spiro atoms. The van der Waals surface area contributed by atoms with Gasteiger partial charge in [-0.3, -0.25) is 0 Å². The van der Waals surface area contributed by atoms with Crippen LogP contribution in [0.3, 0.4) is 0 Å². The Morgan fingerprint density at radius 2 is 2.29 bits per heavy atom. The minimum atomic E-state index is 0.234. The maximum Gasteiger partial charge on any atom is 0.00557 e. The van der Waals surface area contributed by atoms with Crippen molar-refractivity contribution in [2.45, 2.75) is 26.3 Å². The Hall–Kier alpha value is 0.0500. The molecule has 0 amide bonds. The lowest BCUT2D eigenvalue weighted by Crippen LogP contribution is -2.16. The minimum Gasteiger partial charge on any atom is -0.328 e. The quantitative estimate of drug-likeness (QED) is 0.548. The van der Waals surface area contributed by atoms with Crippen molar-refractivity contribution in [2.24, 2.45) is 5.73 Å². The maximum absolute atomic E-state index is 5.41. The summed E-state index contributed by atoms with van der Waals surface area (Å²) < 4.78 is 0. The fourth-order valence-electron chi connectivity index (χ4n) is 0.453. The van der Waals surface area contributed by atoms with Gasteiger partial charge < -0.3 is 5.73 Å². The van der Waals surface area contributed by atoms with Crippen LogP contribution in [0.1, 0.15) is 20.3 Å². The maximum atomic E-state index is 5.41. The number of hydrogen-bond acceptors (Lipinski definition) is 2. The van der Waals surface area contributed by atoms with E-state index in [0.717, 1.165) is 11.3 Å². The van der Waals surface area contributed by atoms with E-state index in [4.69, 9.17) is 18.0 Å². The van der Waals surface area contributed by atoms with Gasteiger partial charge in [0.05, 0.1) is 0 Å². The molecule has 0 saturated heterocycles. The van der Waals surface area contributed by atoms with E-state index in [1.165, 1.54) is 0 Å². The summed E-state index contributed by atoms with van der Waals surface area (Å²) in [6.45, 7) is 3.87. The second kappa shape index (κ2) is 3.10. The van der Waals surface area contributed by atoms with Gasteiger partial charge in [-0.15, -0.1) is 0 Å². The van der Waals surface area contributed by atoms with Crippen LogP contribution in [-0.4, -0.2) is 10.9 Å². The Morgan fingerprint density at radius 3 is 2.29 bits per heavy atom. The predicted molar refractivity (Wildman–Crippen MR) is 36.5 cm³/mol. The fourth-order valence-corrected chi connectivity index (χ4v) is 0.716. The van der Waals surface area contributed by atoms with Crippen LogP contribution in [0.25, 0.3) is 0 Å². The molecule has 0 radical (unpaired) electrons. The first-order valence-electron chi connectivity index (χ1n) is 2.38. The van der Waals surface area contributed by atoms with Gasteiger partial charge in [0.1, 0.15) is 0 Å². The largest absolute Gasteiger partial charge is 0.328 e. The molecule has 0 aliphatic carbocycles. The van der Waals surface area contributed by atoms with Crippen LogP contribution < -0.4 is 5.73 Å². The van der Waals surface area contributed by atoms with Gasteiger partial charge >= 0.3 is 0 Å². The molecular weight excluding hydrogens is 106 g/mol. The van der Waals surface area contributed by atoms with Gasteiger partial charge in [-0.25, -0.2) is 0 Å². The Morgan fingerprint density at radius 1 is 1.86 bits per heavy atom. The molecule has 0 aliphatic heterocycles. The Balaban J connectivity index is 3.13. The van der Waals surface area contributed by atoms with E-state index in [2.05, 4.69) is 0 Å². The summed E-state index contributed by atoms with van der Waals surface area (Å²) in [5.41, 5.74) is 5.41. The molecule has 1 atom stereocenters. The van der Waals surface area contributed by atoms with E-state index in [1.54, 1.807) is 0 Å². The molecule has 0 heterocycles. The van der Waals surface area contributed by atoms with Crippen LogP contribution in [0.15, 0.2) is 0 Å². The van der Waals surface area contributed by atoms with Crippen molar-refractivity contribution in [3.05, 3.63) is 0 Å². The molecule has 7 heavy (non-hydrogen) atoms. The van der Waals surface area contributed by atoms with Crippen molar-refractivity contribution < 1.29 is 0 Å². The zero-order valence-electron chi connectivity index (χ0n) is 4.77. The van der Waals surface area contributed by atoms with E-state index >= 15 is 0 Å². The molecule has 1 unspecified atom stereocenters. The molecule has 0 saturated carbocycles. The summed E-state index contributed by atoms with van der Waals surface area (Å²) in [4.78, 5) is 0.995. The van der Waals surface area contributed by atoms with E-state index in [1.807, 2.05) is 13.8 Å². The van der Waals surface area contributed by atoms with Crippen molar-refractivity contribution in [2.75, 3.05) is 0 Å². The second-order valence-electron chi connectivity index (χ2n) is 1.88. The molecule has 0 rings (SSSR count). The fraction of sp³-hybridized carbons (Fsp3) is 0.800. The van der Waals surface area contributed by atoms with Gasteiger partial charge in [0.15, 0.2) is 0 Å². The molecular formula is C5H11NS. The van der Waals surface area contributed by atoms with Gasteiger partial charge in [-0.05, 0) is 25.1 Å². The summed E-state index contributed by atoms with van der Waals surface area (Å²) in [7, 11) is 0. The third-order valence-electron chi connectivity index (χ3n) is 0.609. The third kappa shape index (κ3) is 6.05. The van der Waals surface area contributed by atoms with Crippen LogP contribution in [0.5, 0.6) is 0 Å². The minimum absolute atomic E-state index is 0.234. The molecule has 2 heteroatoms. The summed E-state index contributed by atoms with van der Waals surface area (Å²) in [6.07, 6.45) is 0.870. The molecule has 42 valence electrons. The SMILES string of the molecule is CC(=S)CC(C)N. The molecule has 0 aliphatic rings. The predicted octanol–water partition coefficient (Wildman–Crippen LogP) is 1.11. The molecule has 0 aromatic rings. The average Bonchev–Trinajstić information content (AvgIpc) is 1.27. The van der Waals surface area contributed by atoms with Crippen LogP contribution in [0.4, 0.5) is 0 Å². The normalized spacial score (nSPS) is 13.6. The summed E-state index contributed by atoms with van der Waals surface area (Å²) in [5, 5.41) is 0. The molecule has 0 bridgehead atoms. The van der Waals surface area contributed by atoms with Crippen molar-refractivity contribution in [1.29, 1.82) is 0 Å². The Bertz CT molecular complexity index is 68.5. The molecule has 0 fully saturated rings. The second-order valence-corrected chi connectivity index (χ2v) is 2.58. The third-order valence-corrected chi connectivity index (χ3v) is 0.776. The Kier molecular flexibility index (Phi) is 3.13. The summed E-state index contributed by atoms with van der Waals surface area (Å²) >= 11 is 4.79. The molecule has 0 aromatic heterocycles. The molecule has 2 N–H and O–H groups in total. The lowest BCUT2D eigenvalue weighted by atomic mass is 10.2. The van der Waals surface area contributed by atoms with Crippen LogP contribution >= 0.6 is 12.2 Å². The van der Waals surface area contributed by atoms with Crippen LogP contribution in [0.2, 0.25) is 0 Å². The monoisotopic (exact) mass is 117 g/mol. The number of nitrogens with two attached hydrogens (primary N) is 1. The topological polar surface area (TPSA) is 26.0 Å². The van der Waals surface area contributed by atoms with E-state index in [-0.39, 0.29) is 6.04 Å². The Labute approximate surface area is 49.9 Å². The highest BCUT2D eigenvalue weighted by atomic mass is 32.1. The number of rotatable bonds is 2. The van der Waals surface area contributed by atoms with Crippen molar-refractivity contribution in [3.8, 4) is 0 Å². The smallest absolute Gasteiger partial charge is 0.00557 e. The zero-order chi connectivity index (χ0) is 5.86. The first-order valence-corrected chi connectivity index (χ1v) is 2.78.